The molecule has 0 aliphatic carbocycles. The summed E-state index contributed by atoms with van der Waals surface area (Å²) in [6.07, 6.45) is 2.41. The second kappa shape index (κ2) is 12.6. The van der Waals surface area contributed by atoms with Crippen LogP contribution in [0.2, 0.25) is 0 Å². The highest BCUT2D eigenvalue weighted by Gasteiger charge is 2.26. The Kier molecular flexibility index (Phi) is 11.3. The van der Waals surface area contributed by atoms with E-state index in [1.807, 2.05) is 13.8 Å². The zero-order chi connectivity index (χ0) is 20.6. The number of hydrogen-bond donors (Lipinski definition) is 2. The minimum Gasteiger partial charge on any atom is -0.496 e. The zero-order valence-corrected chi connectivity index (χ0v) is 21.0. The number of nitrogens with one attached hydrogen (secondary N) is 2. The first-order chi connectivity index (χ1) is 13.4. The van der Waals surface area contributed by atoms with Crippen molar-refractivity contribution in [3.05, 3.63) is 29.3 Å². The third kappa shape index (κ3) is 7.93. The number of ether oxygens (including phenoxy) is 1. The molecule has 0 amide bonds. The maximum atomic E-state index is 12.0. The van der Waals surface area contributed by atoms with Crippen molar-refractivity contribution >= 4 is 40.0 Å². The van der Waals surface area contributed by atoms with E-state index in [0.717, 1.165) is 43.1 Å². The quantitative estimate of drug-likeness (QED) is 0.302. The van der Waals surface area contributed by atoms with Crippen LogP contribution in [0.1, 0.15) is 37.8 Å². The van der Waals surface area contributed by atoms with Gasteiger partial charge in [-0.05, 0) is 57.2 Å². The number of aliphatic imine (C=N–C) groups is 1. The first kappa shape index (κ1) is 26.0. The summed E-state index contributed by atoms with van der Waals surface area (Å²) in [4.78, 5) is 4.69. The van der Waals surface area contributed by atoms with Gasteiger partial charge in [0, 0.05) is 32.2 Å². The van der Waals surface area contributed by atoms with E-state index >= 15 is 0 Å². The summed E-state index contributed by atoms with van der Waals surface area (Å²) in [5.41, 5.74) is 2.32. The SMILES string of the molecule is CCNC(=NCCc1ccc(C)c(OC)c1)NC1CCN(S(=O)(=O)CC)CC1.I. The highest BCUT2D eigenvalue weighted by Crippen LogP contribution is 2.19. The minimum absolute atomic E-state index is 0. The van der Waals surface area contributed by atoms with Gasteiger partial charge < -0.3 is 15.4 Å². The Morgan fingerprint density at radius 2 is 1.97 bits per heavy atom. The predicted octanol–water partition coefficient (Wildman–Crippen LogP) is 2.53. The van der Waals surface area contributed by atoms with E-state index in [9.17, 15) is 8.42 Å². The van der Waals surface area contributed by atoms with Crippen LogP contribution in [0.15, 0.2) is 23.2 Å². The average molecular weight is 538 g/mol. The van der Waals surface area contributed by atoms with Crippen molar-refractivity contribution in [1.29, 1.82) is 0 Å². The number of sulfonamides is 1. The van der Waals surface area contributed by atoms with Gasteiger partial charge in [-0.15, -0.1) is 24.0 Å². The summed E-state index contributed by atoms with van der Waals surface area (Å²) in [6.45, 7) is 8.35. The van der Waals surface area contributed by atoms with Gasteiger partial charge in [0.25, 0.3) is 0 Å². The third-order valence-corrected chi connectivity index (χ3v) is 6.92. The molecule has 166 valence electrons. The standard InChI is InChI=1S/C20H34N4O3S.HI/c1-5-21-20(22-12-9-17-8-7-16(3)19(15-17)27-4)23-18-10-13-24(14-11-18)28(25,26)6-2;/h7-8,15,18H,5-6,9-14H2,1-4H3,(H2,21,22,23);1H. The highest BCUT2D eigenvalue weighted by molar-refractivity contribution is 14.0. The number of piperidine rings is 1. The monoisotopic (exact) mass is 538 g/mol. The van der Waals surface area contributed by atoms with E-state index in [2.05, 4.69) is 33.8 Å². The highest BCUT2D eigenvalue weighted by atomic mass is 127. The van der Waals surface area contributed by atoms with Gasteiger partial charge in [0.05, 0.1) is 12.9 Å². The topological polar surface area (TPSA) is 83.0 Å². The summed E-state index contributed by atoms with van der Waals surface area (Å²) < 4.78 is 31.0. The van der Waals surface area contributed by atoms with Crippen LogP contribution < -0.4 is 15.4 Å². The van der Waals surface area contributed by atoms with E-state index in [1.54, 1.807) is 18.3 Å². The van der Waals surface area contributed by atoms with Crippen molar-refractivity contribution in [3.63, 3.8) is 0 Å². The largest absolute Gasteiger partial charge is 0.496 e. The lowest BCUT2D eigenvalue weighted by Gasteiger charge is -2.32. The van der Waals surface area contributed by atoms with Crippen molar-refractivity contribution in [3.8, 4) is 5.75 Å². The fraction of sp³-hybridized carbons (Fsp3) is 0.650. The van der Waals surface area contributed by atoms with Crippen LogP contribution in [0.3, 0.4) is 0 Å². The summed E-state index contributed by atoms with van der Waals surface area (Å²) in [7, 11) is -1.40. The van der Waals surface area contributed by atoms with Crippen LogP contribution in [0, 0.1) is 6.92 Å². The third-order valence-electron chi connectivity index (χ3n) is 5.04. The molecule has 0 unspecified atom stereocenters. The molecule has 2 N–H and O–H groups in total. The van der Waals surface area contributed by atoms with Gasteiger partial charge >= 0.3 is 0 Å². The lowest BCUT2D eigenvalue weighted by atomic mass is 10.1. The van der Waals surface area contributed by atoms with E-state index in [-0.39, 0.29) is 35.8 Å². The predicted molar refractivity (Wildman–Crippen MR) is 130 cm³/mol. The molecule has 9 heteroatoms. The fourth-order valence-corrected chi connectivity index (χ4v) is 4.42. The molecule has 1 fully saturated rings. The molecule has 0 atom stereocenters. The molecule has 1 aliphatic heterocycles. The zero-order valence-electron chi connectivity index (χ0n) is 17.9. The molecule has 0 bridgehead atoms. The first-order valence-corrected chi connectivity index (χ1v) is 11.7. The van der Waals surface area contributed by atoms with Crippen molar-refractivity contribution in [1.82, 2.24) is 14.9 Å². The fourth-order valence-electron chi connectivity index (χ4n) is 3.29. The normalized spacial score (nSPS) is 16.2. The lowest BCUT2D eigenvalue weighted by Crippen LogP contribution is -2.50. The smallest absolute Gasteiger partial charge is 0.213 e. The van der Waals surface area contributed by atoms with Crippen LogP contribution in [-0.4, -0.2) is 63.8 Å². The summed E-state index contributed by atoms with van der Waals surface area (Å²) in [6, 6.07) is 6.48. The van der Waals surface area contributed by atoms with Crippen molar-refractivity contribution in [2.24, 2.45) is 4.99 Å². The summed E-state index contributed by atoms with van der Waals surface area (Å²) in [5.74, 6) is 1.86. The Bertz CT molecular complexity index is 763. The Hall–Kier alpha value is -1.07. The van der Waals surface area contributed by atoms with Crippen LogP contribution >= 0.6 is 24.0 Å². The van der Waals surface area contributed by atoms with Gasteiger partial charge in [-0.1, -0.05) is 12.1 Å². The number of benzene rings is 1. The van der Waals surface area contributed by atoms with Crippen LogP contribution in [0.25, 0.3) is 0 Å². The van der Waals surface area contributed by atoms with E-state index < -0.39 is 10.0 Å². The molecule has 0 spiro atoms. The molecule has 29 heavy (non-hydrogen) atoms. The molecule has 7 nitrogen and oxygen atoms in total. The lowest BCUT2D eigenvalue weighted by molar-refractivity contribution is 0.306. The Morgan fingerprint density at radius 3 is 2.55 bits per heavy atom. The maximum Gasteiger partial charge on any atom is 0.213 e. The van der Waals surface area contributed by atoms with Crippen molar-refractivity contribution in [2.45, 2.75) is 46.1 Å². The number of nitrogens with zero attached hydrogens (tertiary/aromatic N) is 2. The summed E-state index contributed by atoms with van der Waals surface area (Å²) >= 11 is 0. The Labute approximate surface area is 192 Å². The number of hydrogen-bond acceptors (Lipinski definition) is 4. The number of guanidine groups is 1. The Morgan fingerprint density at radius 1 is 1.28 bits per heavy atom. The van der Waals surface area contributed by atoms with Gasteiger partial charge in [0.15, 0.2) is 5.96 Å². The van der Waals surface area contributed by atoms with Crippen LogP contribution in [-0.2, 0) is 16.4 Å². The minimum atomic E-state index is -3.09. The second-order valence-corrected chi connectivity index (χ2v) is 9.29. The molecule has 0 saturated carbocycles. The average Bonchev–Trinajstić information content (AvgIpc) is 2.69. The van der Waals surface area contributed by atoms with E-state index in [4.69, 9.17) is 4.74 Å². The van der Waals surface area contributed by atoms with Gasteiger partial charge in [0.2, 0.25) is 10.0 Å². The maximum absolute atomic E-state index is 12.0. The molecule has 2 rings (SSSR count). The van der Waals surface area contributed by atoms with Gasteiger partial charge in [-0.3, -0.25) is 4.99 Å². The van der Waals surface area contributed by atoms with Crippen molar-refractivity contribution < 1.29 is 13.2 Å². The molecule has 0 aromatic heterocycles. The number of aryl methyl sites for hydroxylation is 1. The van der Waals surface area contributed by atoms with Gasteiger partial charge in [-0.2, -0.15) is 0 Å². The molecule has 1 aliphatic rings. The van der Waals surface area contributed by atoms with Crippen molar-refractivity contribution in [2.75, 3.05) is 39.0 Å². The van der Waals surface area contributed by atoms with Crippen LogP contribution in [0.5, 0.6) is 5.75 Å². The first-order valence-electron chi connectivity index (χ1n) is 10.1. The van der Waals surface area contributed by atoms with E-state index in [0.29, 0.717) is 19.6 Å². The molecule has 1 heterocycles. The molecular weight excluding hydrogens is 503 g/mol. The van der Waals surface area contributed by atoms with E-state index in [1.165, 1.54) is 5.56 Å². The molecule has 0 radical (unpaired) electrons. The molecule has 1 aromatic carbocycles. The Balaban J connectivity index is 0.00000420. The molecule has 1 saturated heterocycles. The van der Waals surface area contributed by atoms with Crippen LogP contribution in [0.4, 0.5) is 0 Å². The summed E-state index contributed by atoms with van der Waals surface area (Å²) in [5, 5.41) is 6.74. The number of halogens is 1. The molecule has 1 aromatic rings. The second-order valence-electron chi connectivity index (χ2n) is 7.03. The number of methoxy groups -OCH3 is 1. The molecular formula is C20H35IN4O3S. The number of rotatable bonds is 8. The van der Waals surface area contributed by atoms with Gasteiger partial charge in [0.1, 0.15) is 5.75 Å². The van der Waals surface area contributed by atoms with Gasteiger partial charge in [-0.25, -0.2) is 12.7 Å².